The Balaban J connectivity index is 2.01. The Morgan fingerprint density at radius 2 is 1.96 bits per heavy atom. The molecule has 0 radical (unpaired) electrons. The Kier molecular flexibility index (Phi) is 4.03. The standard InChI is InChI=1S/C19H19N3O/c1-13-10-17(19(21)23)16-8-4-5-9-18(16)22(13)12-15-7-3-2-6-14(15)11-20/h2-9,13,17H,10,12H2,1H3,(H2,21,23)/t13-,17-/m1/s1. The summed E-state index contributed by atoms with van der Waals surface area (Å²) >= 11 is 0. The monoisotopic (exact) mass is 305 g/mol. The Morgan fingerprint density at radius 1 is 1.26 bits per heavy atom. The van der Waals surface area contributed by atoms with Crippen LogP contribution in [0.25, 0.3) is 0 Å². The molecule has 1 amide bonds. The van der Waals surface area contributed by atoms with Crippen LogP contribution in [0.1, 0.15) is 36.0 Å². The highest BCUT2D eigenvalue weighted by molar-refractivity contribution is 5.85. The lowest BCUT2D eigenvalue weighted by molar-refractivity contribution is -0.119. The van der Waals surface area contributed by atoms with Crippen molar-refractivity contribution in [3.63, 3.8) is 0 Å². The molecule has 0 saturated heterocycles. The summed E-state index contributed by atoms with van der Waals surface area (Å²) in [5, 5.41) is 9.29. The van der Waals surface area contributed by atoms with Crippen LogP contribution in [0.3, 0.4) is 0 Å². The number of hydrogen-bond donors (Lipinski definition) is 1. The Hall–Kier alpha value is -2.80. The summed E-state index contributed by atoms with van der Waals surface area (Å²) in [7, 11) is 0. The normalized spacial score (nSPS) is 19.7. The molecule has 0 unspecified atom stereocenters. The van der Waals surface area contributed by atoms with Gasteiger partial charge in [0.15, 0.2) is 0 Å². The summed E-state index contributed by atoms with van der Waals surface area (Å²) in [6, 6.07) is 18.0. The molecule has 3 rings (SSSR count). The summed E-state index contributed by atoms with van der Waals surface area (Å²) in [6.07, 6.45) is 0.696. The van der Waals surface area contributed by atoms with E-state index in [1.165, 1.54) is 0 Å². The second-order valence-electron chi connectivity index (χ2n) is 6.00. The molecule has 2 aromatic rings. The van der Waals surface area contributed by atoms with Gasteiger partial charge in [0.25, 0.3) is 0 Å². The first kappa shape index (κ1) is 15.1. The Labute approximate surface area is 136 Å². The molecule has 2 aromatic carbocycles. The van der Waals surface area contributed by atoms with Crippen molar-refractivity contribution < 1.29 is 4.79 Å². The molecule has 0 aromatic heterocycles. The van der Waals surface area contributed by atoms with Crippen molar-refractivity contribution >= 4 is 11.6 Å². The topological polar surface area (TPSA) is 70.1 Å². The first-order valence-corrected chi connectivity index (χ1v) is 7.74. The van der Waals surface area contributed by atoms with Gasteiger partial charge in [-0.3, -0.25) is 4.79 Å². The summed E-state index contributed by atoms with van der Waals surface area (Å²) in [5.41, 5.74) is 9.28. The molecule has 0 spiro atoms. The fourth-order valence-electron chi connectivity index (χ4n) is 3.34. The second kappa shape index (κ2) is 6.13. The molecule has 0 bridgehead atoms. The average molecular weight is 305 g/mol. The molecule has 1 aliphatic heterocycles. The van der Waals surface area contributed by atoms with Crippen molar-refractivity contribution in [1.29, 1.82) is 5.26 Å². The van der Waals surface area contributed by atoms with Gasteiger partial charge < -0.3 is 10.6 Å². The van der Waals surface area contributed by atoms with Crippen LogP contribution >= 0.6 is 0 Å². The maximum Gasteiger partial charge on any atom is 0.225 e. The van der Waals surface area contributed by atoms with Crippen molar-refractivity contribution in [3.05, 3.63) is 65.2 Å². The van der Waals surface area contributed by atoms with E-state index < -0.39 is 0 Å². The van der Waals surface area contributed by atoms with Crippen LogP contribution in [0.15, 0.2) is 48.5 Å². The average Bonchev–Trinajstić information content (AvgIpc) is 2.57. The molecule has 4 nitrogen and oxygen atoms in total. The fraction of sp³-hybridized carbons (Fsp3) is 0.263. The molecular formula is C19H19N3O. The Bertz CT molecular complexity index is 778. The van der Waals surface area contributed by atoms with Gasteiger partial charge in [-0.25, -0.2) is 0 Å². The minimum atomic E-state index is -0.277. The highest BCUT2D eigenvalue weighted by Gasteiger charge is 2.33. The lowest BCUT2D eigenvalue weighted by Gasteiger charge is -2.40. The van der Waals surface area contributed by atoms with Crippen LogP contribution in [0.2, 0.25) is 0 Å². The van der Waals surface area contributed by atoms with Crippen LogP contribution < -0.4 is 10.6 Å². The third-order valence-corrected chi connectivity index (χ3v) is 4.55. The first-order valence-electron chi connectivity index (χ1n) is 7.74. The largest absolute Gasteiger partial charge is 0.369 e. The number of nitrogens with two attached hydrogens (primary N) is 1. The smallest absolute Gasteiger partial charge is 0.225 e. The van der Waals surface area contributed by atoms with E-state index in [-0.39, 0.29) is 17.9 Å². The lowest BCUT2D eigenvalue weighted by atomic mass is 9.85. The van der Waals surface area contributed by atoms with Crippen LogP contribution in [0.4, 0.5) is 5.69 Å². The van der Waals surface area contributed by atoms with E-state index in [1.807, 2.05) is 48.5 Å². The van der Waals surface area contributed by atoms with Gasteiger partial charge in [0.2, 0.25) is 5.91 Å². The zero-order valence-corrected chi connectivity index (χ0v) is 13.1. The van der Waals surface area contributed by atoms with Gasteiger partial charge in [-0.05, 0) is 36.6 Å². The van der Waals surface area contributed by atoms with Gasteiger partial charge in [0.05, 0.1) is 17.6 Å². The van der Waals surface area contributed by atoms with Crippen LogP contribution in [0, 0.1) is 11.3 Å². The number of anilines is 1. The van der Waals surface area contributed by atoms with Gasteiger partial charge in [0, 0.05) is 18.3 Å². The molecule has 1 heterocycles. The van der Waals surface area contributed by atoms with Crippen molar-refractivity contribution in [2.45, 2.75) is 31.8 Å². The van der Waals surface area contributed by atoms with Crippen molar-refractivity contribution in [2.24, 2.45) is 5.73 Å². The van der Waals surface area contributed by atoms with Gasteiger partial charge in [0.1, 0.15) is 0 Å². The maximum atomic E-state index is 11.8. The predicted molar refractivity (Wildman–Crippen MR) is 89.8 cm³/mol. The zero-order valence-electron chi connectivity index (χ0n) is 13.1. The first-order chi connectivity index (χ1) is 11.1. The fourth-order valence-corrected chi connectivity index (χ4v) is 3.34. The number of benzene rings is 2. The van der Waals surface area contributed by atoms with Crippen LogP contribution in [-0.2, 0) is 11.3 Å². The van der Waals surface area contributed by atoms with E-state index >= 15 is 0 Å². The molecular weight excluding hydrogens is 286 g/mol. The minimum Gasteiger partial charge on any atom is -0.369 e. The van der Waals surface area contributed by atoms with E-state index in [2.05, 4.69) is 17.9 Å². The number of hydrogen-bond acceptors (Lipinski definition) is 3. The highest BCUT2D eigenvalue weighted by Crippen LogP contribution is 2.39. The molecule has 116 valence electrons. The van der Waals surface area contributed by atoms with Gasteiger partial charge in [-0.2, -0.15) is 5.26 Å². The lowest BCUT2D eigenvalue weighted by Crippen LogP contribution is -2.41. The third-order valence-electron chi connectivity index (χ3n) is 4.55. The van der Waals surface area contributed by atoms with Crippen molar-refractivity contribution in [1.82, 2.24) is 0 Å². The van der Waals surface area contributed by atoms with Crippen molar-refractivity contribution in [3.8, 4) is 6.07 Å². The van der Waals surface area contributed by atoms with E-state index in [0.29, 0.717) is 18.5 Å². The number of carbonyl (C=O) groups is 1. The number of amides is 1. The predicted octanol–water partition coefficient (Wildman–Crippen LogP) is 2.93. The zero-order chi connectivity index (χ0) is 16.4. The highest BCUT2D eigenvalue weighted by atomic mass is 16.1. The van der Waals surface area contributed by atoms with E-state index in [4.69, 9.17) is 5.73 Å². The second-order valence-corrected chi connectivity index (χ2v) is 6.00. The van der Waals surface area contributed by atoms with Gasteiger partial charge in [-0.1, -0.05) is 36.4 Å². The molecule has 1 aliphatic rings. The SMILES string of the molecule is C[C@@H]1C[C@@H](C(N)=O)c2ccccc2N1Cc1ccccc1C#N. The molecule has 23 heavy (non-hydrogen) atoms. The minimum absolute atomic E-state index is 0.175. The number of fused-ring (bicyclic) bond motifs is 1. The summed E-state index contributed by atoms with van der Waals surface area (Å²) in [6.45, 7) is 2.74. The van der Waals surface area contributed by atoms with E-state index in [1.54, 1.807) is 0 Å². The number of carbonyl (C=O) groups excluding carboxylic acids is 1. The maximum absolute atomic E-state index is 11.8. The van der Waals surface area contributed by atoms with Crippen LogP contribution in [-0.4, -0.2) is 11.9 Å². The van der Waals surface area contributed by atoms with E-state index in [0.717, 1.165) is 16.8 Å². The number of para-hydroxylation sites is 1. The number of nitrogens with zero attached hydrogens (tertiary/aromatic N) is 2. The van der Waals surface area contributed by atoms with E-state index in [9.17, 15) is 10.1 Å². The summed E-state index contributed by atoms with van der Waals surface area (Å²) in [5.74, 6) is -0.523. The quantitative estimate of drug-likeness (QED) is 0.947. The molecule has 2 N–H and O–H groups in total. The number of primary amides is 1. The van der Waals surface area contributed by atoms with Crippen molar-refractivity contribution in [2.75, 3.05) is 4.90 Å². The molecule has 2 atom stereocenters. The molecule has 4 heteroatoms. The molecule has 0 aliphatic carbocycles. The molecule has 0 saturated carbocycles. The number of rotatable bonds is 3. The summed E-state index contributed by atoms with van der Waals surface area (Å²) in [4.78, 5) is 14.0. The summed E-state index contributed by atoms with van der Waals surface area (Å²) < 4.78 is 0. The molecule has 0 fully saturated rings. The van der Waals surface area contributed by atoms with Gasteiger partial charge in [-0.15, -0.1) is 0 Å². The number of nitriles is 1. The van der Waals surface area contributed by atoms with Crippen LogP contribution in [0.5, 0.6) is 0 Å². The Morgan fingerprint density at radius 3 is 2.70 bits per heavy atom. The third kappa shape index (κ3) is 2.78. The van der Waals surface area contributed by atoms with Gasteiger partial charge >= 0.3 is 0 Å².